The van der Waals surface area contributed by atoms with Gasteiger partial charge in [0.05, 0.1) is 9.79 Å². The fraction of sp³-hybridized carbons (Fsp3) is 0. The molecule has 0 aliphatic heterocycles. The standard InChI is InChI=1S/C18H13FOS2/c19-13-11-16(21-14-7-3-1-4-8-14)18(20)17(12-13)22-15-9-5-2-6-10-15/h1-12,20H. The van der Waals surface area contributed by atoms with Crippen LogP contribution in [-0.4, -0.2) is 5.11 Å². The summed E-state index contributed by atoms with van der Waals surface area (Å²) in [6.45, 7) is 0. The van der Waals surface area contributed by atoms with Crippen molar-refractivity contribution in [2.24, 2.45) is 0 Å². The molecule has 1 N–H and O–H groups in total. The highest BCUT2D eigenvalue weighted by Crippen LogP contribution is 2.43. The van der Waals surface area contributed by atoms with Crippen LogP contribution in [0.4, 0.5) is 4.39 Å². The predicted octanol–water partition coefficient (Wildman–Crippen LogP) is 5.83. The van der Waals surface area contributed by atoms with Crippen molar-refractivity contribution >= 4 is 23.5 Å². The third kappa shape index (κ3) is 3.64. The van der Waals surface area contributed by atoms with Crippen LogP contribution in [0.15, 0.2) is 92.4 Å². The van der Waals surface area contributed by atoms with Gasteiger partial charge in [-0.1, -0.05) is 59.9 Å². The van der Waals surface area contributed by atoms with E-state index in [2.05, 4.69) is 0 Å². The van der Waals surface area contributed by atoms with E-state index in [1.807, 2.05) is 60.7 Å². The third-order valence-electron chi connectivity index (χ3n) is 2.95. The molecule has 0 radical (unpaired) electrons. The fourth-order valence-electron chi connectivity index (χ4n) is 1.94. The van der Waals surface area contributed by atoms with E-state index in [4.69, 9.17) is 0 Å². The van der Waals surface area contributed by atoms with E-state index >= 15 is 0 Å². The lowest BCUT2D eigenvalue weighted by Gasteiger charge is -2.10. The van der Waals surface area contributed by atoms with Crippen LogP contribution >= 0.6 is 23.5 Å². The van der Waals surface area contributed by atoms with Gasteiger partial charge in [-0.05, 0) is 36.4 Å². The van der Waals surface area contributed by atoms with Gasteiger partial charge in [-0.25, -0.2) is 4.39 Å². The van der Waals surface area contributed by atoms with Crippen LogP contribution in [-0.2, 0) is 0 Å². The molecule has 0 aliphatic rings. The largest absolute Gasteiger partial charge is 0.506 e. The van der Waals surface area contributed by atoms with Gasteiger partial charge in [-0.2, -0.15) is 0 Å². The lowest BCUT2D eigenvalue weighted by atomic mass is 10.3. The maximum atomic E-state index is 13.9. The Kier molecular flexibility index (Phi) is 4.71. The van der Waals surface area contributed by atoms with Gasteiger partial charge in [0, 0.05) is 9.79 Å². The van der Waals surface area contributed by atoms with Crippen molar-refractivity contribution in [3.63, 3.8) is 0 Å². The zero-order chi connectivity index (χ0) is 15.4. The number of phenolic OH excluding ortho intramolecular Hbond substituents is 1. The number of hydrogen-bond acceptors (Lipinski definition) is 3. The molecule has 0 aliphatic carbocycles. The van der Waals surface area contributed by atoms with Gasteiger partial charge in [0.25, 0.3) is 0 Å². The van der Waals surface area contributed by atoms with Gasteiger partial charge in [-0.3, -0.25) is 0 Å². The molecule has 0 bridgehead atoms. The first-order valence-corrected chi connectivity index (χ1v) is 8.34. The molecule has 3 rings (SSSR count). The molecule has 1 nitrogen and oxygen atoms in total. The van der Waals surface area contributed by atoms with Crippen molar-refractivity contribution in [1.82, 2.24) is 0 Å². The minimum atomic E-state index is -0.352. The summed E-state index contributed by atoms with van der Waals surface area (Å²) in [5.41, 5.74) is 0. The Morgan fingerprint density at radius 1 is 0.682 bits per heavy atom. The molecule has 0 saturated heterocycles. The molecule has 0 amide bonds. The van der Waals surface area contributed by atoms with Crippen LogP contribution in [0.1, 0.15) is 0 Å². The molecule has 0 aromatic heterocycles. The molecule has 0 fully saturated rings. The number of halogens is 1. The van der Waals surface area contributed by atoms with Crippen LogP contribution in [0.25, 0.3) is 0 Å². The monoisotopic (exact) mass is 328 g/mol. The lowest BCUT2D eigenvalue weighted by Crippen LogP contribution is -1.84. The van der Waals surface area contributed by atoms with Crippen molar-refractivity contribution in [3.8, 4) is 5.75 Å². The summed E-state index contributed by atoms with van der Waals surface area (Å²) in [4.78, 5) is 2.95. The summed E-state index contributed by atoms with van der Waals surface area (Å²) in [5.74, 6) is -0.237. The first-order valence-electron chi connectivity index (χ1n) is 6.71. The van der Waals surface area contributed by atoms with Gasteiger partial charge in [0.2, 0.25) is 0 Å². The van der Waals surface area contributed by atoms with Gasteiger partial charge in [0.1, 0.15) is 11.6 Å². The van der Waals surface area contributed by atoms with Crippen molar-refractivity contribution < 1.29 is 9.50 Å². The first kappa shape index (κ1) is 15.0. The predicted molar refractivity (Wildman–Crippen MR) is 89.2 cm³/mol. The topological polar surface area (TPSA) is 20.2 Å². The molecule has 0 heterocycles. The second-order valence-electron chi connectivity index (χ2n) is 4.58. The van der Waals surface area contributed by atoms with Crippen molar-refractivity contribution in [2.75, 3.05) is 0 Å². The van der Waals surface area contributed by atoms with E-state index in [1.165, 1.54) is 35.7 Å². The summed E-state index contributed by atoms with van der Waals surface area (Å²) in [6.07, 6.45) is 0. The van der Waals surface area contributed by atoms with Crippen molar-refractivity contribution in [3.05, 3.63) is 78.6 Å². The Balaban J connectivity index is 1.92. The van der Waals surface area contributed by atoms with E-state index in [9.17, 15) is 9.50 Å². The van der Waals surface area contributed by atoms with Crippen molar-refractivity contribution in [2.45, 2.75) is 19.6 Å². The Morgan fingerprint density at radius 3 is 1.50 bits per heavy atom. The zero-order valence-electron chi connectivity index (χ0n) is 11.6. The van der Waals surface area contributed by atoms with E-state index in [-0.39, 0.29) is 11.6 Å². The Bertz CT molecular complexity index is 698. The van der Waals surface area contributed by atoms with Crippen LogP contribution in [0.3, 0.4) is 0 Å². The number of benzene rings is 3. The fourth-order valence-corrected chi connectivity index (χ4v) is 3.85. The average Bonchev–Trinajstić information content (AvgIpc) is 2.54. The molecular weight excluding hydrogens is 315 g/mol. The number of aromatic hydroxyl groups is 1. The van der Waals surface area contributed by atoms with Gasteiger partial charge in [-0.15, -0.1) is 0 Å². The summed E-state index contributed by atoms with van der Waals surface area (Å²) in [7, 11) is 0. The number of phenols is 1. The Morgan fingerprint density at radius 2 is 1.09 bits per heavy atom. The van der Waals surface area contributed by atoms with E-state index < -0.39 is 0 Å². The molecule has 4 heteroatoms. The number of rotatable bonds is 4. The summed E-state index contributed by atoms with van der Waals surface area (Å²) in [6, 6.07) is 22.0. The minimum absolute atomic E-state index is 0.115. The summed E-state index contributed by atoms with van der Waals surface area (Å²) >= 11 is 2.70. The molecule has 0 spiro atoms. The average molecular weight is 328 g/mol. The minimum Gasteiger partial charge on any atom is -0.506 e. The van der Waals surface area contributed by atoms with Crippen LogP contribution in [0.2, 0.25) is 0 Å². The van der Waals surface area contributed by atoms with E-state index in [0.29, 0.717) is 9.79 Å². The second-order valence-corrected chi connectivity index (χ2v) is 6.81. The molecule has 110 valence electrons. The van der Waals surface area contributed by atoms with Gasteiger partial charge in [0.15, 0.2) is 0 Å². The third-order valence-corrected chi connectivity index (χ3v) is 5.02. The quantitative estimate of drug-likeness (QED) is 0.650. The number of hydrogen-bond donors (Lipinski definition) is 1. The molecule has 22 heavy (non-hydrogen) atoms. The molecule has 0 atom stereocenters. The van der Waals surface area contributed by atoms with Crippen LogP contribution in [0.5, 0.6) is 5.75 Å². The highest BCUT2D eigenvalue weighted by Gasteiger charge is 2.13. The molecule has 0 saturated carbocycles. The molecular formula is C18H13FOS2. The summed E-state index contributed by atoms with van der Waals surface area (Å²) < 4.78 is 13.9. The normalized spacial score (nSPS) is 10.6. The van der Waals surface area contributed by atoms with Crippen molar-refractivity contribution in [1.29, 1.82) is 0 Å². The first-order chi connectivity index (χ1) is 10.7. The second kappa shape index (κ2) is 6.90. The Hall–Kier alpha value is -1.91. The van der Waals surface area contributed by atoms with Gasteiger partial charge >= 0.3 is 0 Å². The maximum absolute atomic E-state index is 13.9. The van der Waals surface area contributed by atoms with E-state index in [1.54, 1.807) is 0 Å². The smallest absolute Gasteiger partial charge is 0.143 e. The highest BCUT2D eigenvalue weighted by atomic mass is 32.2. The maximum Gasteiger partial charge on any atom is 0.143 e. The Labute approximate surface area is 137 Å². The van der Waals surface area contributed by atoms with Gasteiger partial charge < -0.3 is 5.11 Å². The SMILES string of the molecule is Oc1c(Sc2ccccc2)cc(F)cc1Sc1ccccc1. The lowest BCUT2D eigenvalue weighted by molar-refractivity contribution is 0.445. The molecule has 0 unspecified atom stereocenters. The van der Waals surface area contributed by atoms with Crippen LogP contribution in [0, 0.1) is 5.82 Å². The van der Waals surface area contributed by atoms with Crippen LogP contribution < -0.4 is 0 Å². The molecule has 3 aromatic rings. The van der Waals surface area contributed by atoms with E-state index in [0.717, 1.165) is 9.79 Å². The molecule has 3 aromatic carbocycles. The zero-order valence-corrected chi connectivity index (χ0v) is 13.2. The summed E-state index contributed by atoms with van der Waals surface area (Å²) in [5, 5.41) is 10.4. The highest BCUT2D eigenvalue weighted by molar-refractivity contribution is 8.00.